The van der Waals surface area contributed by atoms with Crippen LogP contribution in [-0.2, 0) is 6.61 Å². The topological polar surface area (TPSA) is 37.3 Å². The molecule has 3 heteroatoms. The van der Waals surface area contributed by atoms with Crippen molar-refractivity contribution in [3.63, 3.8) is 0 Å². The number of aldehydes is 1. The first-order chi connectivity index (χ1) is 6.74. The predicted molar refractivity (Wildman–Crippen MR) is 57.9 cm³/mol. The predicted octanol–water partition coefficient (Wildman–Crippen LogP) is 2.51. The monoisotopic (exact) mass is 206 g/mol. The maximum Gasteiger partial charge on any atom is 0.150 e. The number of rotatable bonds is 2. The number of aliphatic hydroxyl groups excluding tert-OH is 1. The number of thiophene rings is 1. The molecule has 0 aliphatic heterocycles. The van der Waals surface area contributed by atoms with E-state index in [0.717, 1.165) is 26.8 Å². The van der Waals surface area contributed by atoms with Crippen molar-refractivity contribution in [2.24, 2.45) is 0 Å². The molecule has 2 nitrogen and oxygen atoms in total. The molecule has 1 heterocycles. The average molecular weight is 206 g/mol. The smallest absolute Gasteiger partial charge is 0.150 e. The average Bonchev–Trinajstić information content (AvgIpc) is 2.61. The Morgan fingerprint density at radius 2 is 2.21 bits per heavy atom. The minimum absolute atomic E-state index is 0.0647. The summed E-state index contributed by atoms with van der Waals surface area (Å²) in [5.74, 6) is 0. The number of benzene rings is 1. The highest BCUT2D eigenvalue weighted by atomic mass is 32.1. The van der Waals surface area contributed by atoms with Crippen LogP contribution in [0.25, 0.3) is 10.1 Å². The molecule has 0 saturated carbocycles. The van der Waals surface area contributed by atoms with Gasteiger partial charge < -0.3 is 5.11 Å². The third-order valence-corrected chi connectivity index (χ3v) is 3.44. The Balaban J connectivity index is 2.73. The van der Waals surface area contributed by atoms with Gasteiger partial charge in [-0.2, -0.15) is 0 Å². The maximum absolute atomic E-state index is 10.6. The van der Waals surface area contributed by atoms with E-state index in [9.17, 15) is 4.79 Å². The lowest BCUT2D eigenvalue weighted by molar-refractivity contribution is 0.112. The van der Waals surface area contributed by atoms with Crippen molar-refractivity contribution in [3.8, 4) is 0 Å². The lowest BCUT2D eigenvalue weighted by Crippen LogP contribution is -1.80. The first-order valence-electron chi connectivity index (χ1n) is 4.33. The Kier molecular flexibility index (Phi) is 2.35. The number of carbonyl (C=O) groups is 1. The molecule has 0 aliphatic rings. The lowest BCUT2D eigenvalue weighted by Gasteiger charge is -1.96. The quantitative estimate of drug-likeness (QED) is 0.766. The third kappa shape index (κ3) is 1.45. The Morgan fingerprint density at radius 3 is 2.86 bits per heavy atom. The zero-order chi connectivity index (χ0) is 10.1. The number of aryl methyl sites for hydroxylation is 1. The van der Waals surface area contributed by atoms with E-state index in [1.165, 1.54) is 0 Å². The van der Waals surface area contributed by atoms with Crippen molar-refractivity contribution < 1.29 is 9.90 Å². The summed E-state index contributed by atoms with van der Waals surface area (Å²) in [5, 5.41) is 10.0. The zero-order valence-corrected chi connectivity index (χ0v) is 8.60. The molecule has 14 heavy (non-hydrogen) atoms. The van der Waals surface area contributed by atoms with Gasteiger partial charge in [-0.25, -0.2) is 0 Å². The van der Waals surface area contributed by atoms with Gasteiger partial charge in [-0.05, 0) is 36.1 Å². The summed E-state index contributed by atoms with van der Waals surface area (Å²) in [6, 6.07) is 5.65. The molecule has 2 aromatic rings. The Bertz CT molecular complexity index is 485. The number of carbonyl (C=O) groups excluding carboxylic acids is 1. The number of fused-ring (bicyclic) bond motifs is 1. The Labute approximate surface area is 85.8 Å². The molecule has 0 spiro atoms. The van der Waals surface area contributed by atoms with Crippen molar-refractivity contribution in [2.45, 2.75) is 13.5 Å². The third-order valence-electron chi connectivity index (χ3n) is 2.17. The molecular weight excluding hydrogens is 196 g/mol. The molecule has 0 amide bonds. The molecule has 0 unspecified atom stereocenters. The van der Waals surface area contributed by atoms with E-state index in [4.69, 9.17) is 5.11 Å². The number of hydrogen-bond acceptors (Lipinski definition) is 3. The highest BCUT2D eigenvalue weighted by Crippen LogP contribution is 2.29. The minimum atomic E-state index is 0.0647. The molecule has 0 atom stereocenters. The summed E-state index contributed by atoms with van der Waals surface area (Å²) in [6.07, 6.45) is 0.850. The van der Waals surface area contributed by atoms with Crippen LogP contribution < -0.4 is 0 Å². The van der Waals surface area contributed by atoms with E-state index in [2.05, 4.69) is 0 Å². The van der Waals surface area contributed by atoms with Crippen LogP contribution in [0.2, 0.25) is 0 Å². The molecule has 0 aliphatic carbocycles. The highest BCUT2D eigenvalue weighted by Gasteiger charge is 2.05. The molecular formula is C11H10O2S. The minimum Gasteiger partial charge on any atom is -0.391 e. The maximum atomic E-state index is 10.6. The Hall–Kier alpha value is -1.19. The summed E-state index contributed by atoms with van der Waals surface area (Å²) in [4.78, 5) is 11.6. The molecule has 2 rings (SSSR count). The van der Waals surface area contributed by atoms with Crippen LogP contribution in [0.4, 0.5) is 0 Å². The molecule has 0 fully saturated rings. The first kappa shape index (κ1) is 9.37. The van der Waals surface area contributed by atoms with E-state index in [-0.39, 0.29) is 6.61 Å². The van der Waals surface area contributed by atoms with Gasteiger partial charge in [0.2, 0.25) is 0 Å². The zero-order valence-electron chi connectivity index (χ0n) is 7.78. The fourth-order valence-corrected chi connectivity index (χ4v) is 2.52. The van der Waals surface area contributed by atoms with Gasteiger partial charge in [0.25, 0.3) is 0 Å². The summed E-state index contributed by atoms with van der Waals surface area (Å²) in [7, 11) is 0. The van der Waals surface area contributed by atoms with Crippen molar-refractivity contribution >= 4 is 27.7 Å². The molecule has 0 saturated heterocycles. The second-order valence-electron chi connectivity index (χ2n) is 3.24. The van der Waals surface area contributed by atoms with Gasteiger partial charge in [0.1, 0.15) is 6.29 Å². The fourth-order valence-electron chi connectivity index (χ4n) is 1.56. The SMILES string of the molecule is Cc1cc(C=O)cc2cc(CO)sc12. The van der Waals surface area contributed by atoms with Gasteiger partial charge in [-0.1, -0.05) is 0 Å². The summed E-state index contributed by atoms with van der Waals surface area (Å²) >= 11 is 1.58. The van der Waals surface area contributed by atoms with Crippen LogP contribution in [0.3, 0.4) is 0 Å². The number of hydrogen-bond donors (Lipinski definition) is 1. The van der Waals surface area contributed by atoms with Gasteiger partial charge in [-0.15, -0.1) is 11.3 Å². The molecule has 0 radical (unpaired) electrons. The van der Waals surface area contributed by atoms with Gasteiger partial charge >= 0.3 is 0 Å². The van der Waals surface area contributed by atoms with Gasteiger partial charge in [0.15, 0.2) is 0 Å². The molecule has 1 aromatic carbocycles. The number of aliphatic hydroxyl groups is 1. The van der Waals surface area contributed by atoms with Gasteiger partial charge in [0, 0.05) is 15.1 Å². The normalized spacial score (nSPS) is 10.7. The molecule has 1 N–H and O–H groups in total. The fraction of sp³-hybridized carbons (Fsp3) is 0.182. The van der Waals surface area contributed by atoms with Crippen LogP contribution in [0.5, 0.6) is 0 Å². The molecule has 1 aromatic heterocycles. The van der Waals surface area contributed by atoms with Crippen LogP contribution in [0.1, 0.15) is 20.8 Å². The highest BCUT2D eigenvalue weighted by molar-refractivity contribution is 7.19. The second kappa shape index (κ2) is 3.52. The van der Waals surface area contributed by atoms with Crippen molar-refractivity contribution in [2.75, 3.05) is 0 Å². The van der Waals surface area contributed by atoms with Crippen LogP contribution in [0, 0.1) is 6.92 Å². The van der Waals surface area contributed by atoms with E-state index in [1.54, 1.807) is 11.3 Å². The first-order valence-corrected chi connectivity index (χ1v) is 5.15. The lowest BCUT2D eigenvalue weighted by atomic mass is 10.1. The molecule has 0 bridgehead atoms. The van der Waals surface area contributed by atoms with E-state index in [0.29, 0.717) is 5.56 Å². The summed E-state index contributed by atoms with van der Waals surface area (Å²) in [6.45, 7) is 2.04. The van der Waals surface area contributed by atoms with E-state index in [1.807, 2.05) is 25.1 Å². The van der Waals surface area contributed by atoms with Crippen molar-refractivity contribution in [1.29, 1.82) is 0 Å². The van der Waals surface area contributed by atoms with Crippen molar-refractivity contribution in [1.82, 2.24) is 0 Å². The Morgan fingerprint density at radius 1 is 1.43 bits per heavy atom. The van der Waals surface area contributed by atoms with Gasteiger partial charge in [0.05, 0.1) is 6.61 Å². The largest absolute Gasteiger partial charge is 0.391 e. The summed E-state index contributed by atoms with van der Waals surface area (Å²) < 4.78 is 1.15. The standard InChI is InChI=1S/C11H10O2S/c1-7-2-8(5-12)3-9-4-10(6-13)14-11(7)9/h2-5,13H,6H2,1H3. The van der Waals surface area contributed by atoms with E-state index < -0.39 is 0 Å². The molecule has 72 valence electrons. The van der Waals surface area contributed by atoms with Gasteiger partial charge in [-0.3, -0.25) is 4.79 Å². The van der Waals surface area contributed by atoms with E-state index >= 15 is 0 Å². The van der Waals surface area contributed by atoms with Crippen molar-refractivity contribution in [3.05, 3.63) is 34.2 Å². The second-order valence-corrected chi connectivity index (χ2v) is 4.38. The summed E-state index contributed by atoms with van der Waals surface area (Å²) in [5.41, 5.74) is 1.78. The van der Waals surface area contributed by atoms with Crippen LogP contribution in [0.15, 0.2) is 18.2 Å². The van der Waals surface area contributed by atoms with Crippen LogP contribution in [-0.4, -0.2) is 11.4 Å². The van der Waals surface area contributed by atoms with Crippen LogP contribution >= 0.6 is 11.3 Å².